The zero-order chi connectivity index (χ0) is 18.8. The minimum Gasteiger partial charge on any atom is -0.497 e. The second-order valence-electron chi connectivity index (χ2n) is 7.46. The van der Waals surface area contributed by atoms with Gasteiger partial charge in [0, 0.05) is 17.7 Å². The number of likely N-dealkylation sites (tertiary alicyclic amines) is 1. The number of ether oxygens (including phenoxy) is 2. The van der Waals surface area contributed by atoms with E-state index in [0.29, 0.717) is 0 Å². The molecule has 1 amide bonds. The van der Waals surface area contributed by atoms with Gasteiger partial charge in [0.25, 0.3) is 5.91 Å². The molecule has 0 spiro atoms. The second-order valence-corrected chi connectivity index (χ2v) is 7.46. The molecule has 0 aromatic heterocycles. The highest BCUT2D eigenvalue weighted by molar-refractivity contribution is 5.95. The molecule has 1 aliphatic carbocycles. The summed E-state index contributed by atoms with van der Waals surface area (Å²) in [5.41, 5.74) is 4.59. The van der Waals surface area contributed by atoms with Crippen LogP contribution in [0.1, 0.15) is 58.8 Å². The van der Waals surface area contributed by atoms with E-state index < -0.39 is 0 Å². The summed E-state index contributed by atoms with van der Waals surface area (Å²) in [4.78, 5) is 15.3. The van der Waals surface area contributed by atoms with Crippen LogP contribution in [0.15, 0.2) is 36.4 Å². The van der Waals surface area contributed by atoms with Gasteiger partial charge in [-0.1, -0.05) is 6.07 Å². The lowest BCUT2D eigenvalue weighted by atomic mass is 9.90. The van der Waals surface area contributed by atoms with Gasteiger partial charge < -0.3 is 14.4 Å². The maximum Gasteiger partial charge on any atom is 0.254 e. The first-order valence-corrected chi connectivity index (χ1v) is 9.86. The topological polar surface area (TPSA) is 38.8 Å². The van der Waals surface area contributed by atoms with Crippen molar-refractivity contribution in [2.24, 2.45) is 0 Å². The van der Waals surface area contributed by atoms with Crippen molar-refractivity contribution >= 4 is 5.91 Å². The fraction of sp³-hybridized carbons (Fsp3) is 0.435. The summed E-state index contributed by atoms with van der Waals surface area (Å²) >= 11 is 0. The molecule has 0 radical (unpaired) electrons. The van der Waals surface area contributed by atoms with Crippen molar-refractivity contribution in [2.45, 2.75) is 44.6 Å². The molecule has 1 heterocycles. The quantitative estimate of drug-likeness (QED) is 0.797. The van der Waals surface area contributed by atoms with Crippen molar-refractivity contribution in [1.29, 1.82) is 0 Å². The van der Waals surface area contributed by atoms with Gasteiger partial charge in [-0.05, 0) is 80.0 Å². The van der Waals surface area contributed by atoms with Crippen LogP contribution in [-0.4, -0.2) is 31.6 Å². The van der Waals surface area contributed by atoms with Gasteiger partial charge in [-0.3, -0.25) is 4.79 Å². The molecule has 0 saturated carbocycles. The molecule has 27 heavy (non-hydrogen) atoms. The first-order valence-electron chi connectivity index (χ1n) is 9.86. The van der Waals surface area contributed by atoms with Gasteiger partial charge >= 0.3 is 0 Å². The maximum atomic E-state index is 13.3. The van der Waals surface area contributed by atoms with Gasteiger partial charge in [0.15, 0.2) is 0 Å². The summed E-state index contributed by atoms with van der Waals surface area (Å²) < 4.78 is 11.0. The summed E-state index contributed by atoms with van der Waals surface area (Å²) in [7, 11) is 3.34. The van der Waals surface area contributed by atoms with Crippen molar-refractivity contribution in [1.82, 2.24) is 4.90 Å². The Morgan fingerprint density at radius 2 is 1.78 bits per heavy atom. The number of hydrogen-bond acceptors (Lipinski definition) is 3. The average molecular weight is 365 g/mol. The lowest BCUT2D eigenvalue weighted by molar-refractivity contribution is 0.0734. The molecule has 1 saturated heterocycles. The normalized spacial score (nSPS) is 18.9. The number of aryl methyl sites for hydroxylation is 2. The number of hydrogen-bond donors (Lipinski definition) is 0. The zero-order valence-corrected chi connectivity index (χ0v) is 16.2. The molecule has 2 aromatic carbocycles. The SMILES string of the molecule is COc1ccc(OC)c(C2CCCN2C(=O)c2ccc3c(c2)CCCC3)c1. The molecule has 2 aromatic rings. The Bertz CT molecular complexity index is 846. The van der Waals surface area contributed by atoms with Crippen LogP contribution < -0.4 is 9.47 Å². The van der Waals surface area contributed by atoms with Gasteiger partial charge in [0.2, 0.25) is 0 Å². The monoisotopic (exact) mass is 365 g/mol. The van der Waals surface area contributed by atoms with E-state index in [1.807, 2.05) is 29.2 Å². The summed E-state index contributed by atoms with van der Waals surface area (Å²) in [6, 6.07) is 12.1. The summed E-state index contributed by atoms with van der Waals surface area (Å²) in [6.45, 7) is 0.779. The smallest absolute Gasteiger partial charge is 0.254 e. The van der Waals surface area contributed by atoms with E-state index in [0.717, 1.165) is 54.9 Å². The fourth-order valence-corrected chi connectivity index (χ4v) is 4.47. The first-order chi connectivity index (χ1) is 13.2. The number of carbonyl (C=O) groups excluding carboxylic acids is 1. The minimum absolute atomic E-state index is 0.0265. The van der Waals surface area contributed by atoms with Crippen molar-refractivity contribution < 1.29 is 14.3 Å². The van der Waals surface area contributed by atoms with Crippen LogP contribution in [-0.2, 0) is 12.8 Å². The van der Waals surface area contributed by atoms with Crippen LogP contribution in [0.2, 0.25) is 0 Å². The molecule has 0 bridgehead atoms. The third kappa shape index (κ3) is 3.41. The van der Waals surface area contributed by atoms with Crippen LogP contribution in [0.4, 0.5) is 0 Å². The Morgan fingerprint density at radius 3 is 2.56 bits per heavy atom. The average Bonchev–Trinajstić information content (AvgIpc) is 3.22. The van der Waals surface area contributed by atoms with Crippen molar-refractivity contribution in [3.8, 4) is 11.5 Å². The van der Waals surface area contributed by atoms with Gasteiger partial charge in [0.05, 0.1) is 20.3 Å². The van der Waals surface area contributed by atoms with Crippen LogP contribution in [0.3, 0.4) is 0 Å². The van der Waals surface area contributed by atoms with Crippen LogP contribution in [0.5, 0.6) is 11.5 Å². The molecule has 4 heteroatoms. The molecule has 1 aliphatic heterocycles. The Hall–Kier alpha value is -2.49. The number of rotatable bonds is 4. The number of carbonyl (C=O) groups is 1. The van der Waals surface area contributed by atoms with Gasteiger partial charge in [0.1, 0.15) is 11.5 Å². The van der Waals surface area contributed by atoms with Gasteiger partial charge in [-0.25, -0.2) is 0 Å². The molecule has 142 valence electrons. The Balaban J connectivity index is 1.64. The van der Waals surface area contributed by atoms with E-state index in [9.17, 15) is 4.79 Å². The fourth-order valence-electron chi connectivity index (χ4n) is 4.47. The third-order valence-corrected chi connectivity index (χ3v) is 5.90. The van der Waals surface area contributed by atoms with Crippen molar-refractivity contribution in [2.75, 3.05) is 20.8 Å². The maximum absolute atomic E-state index is 13.3. The molecular weight excluding hydrogens is 338 g/mol. The molecule has 1 unspecified atom stereocenters. The number of methoxy groups -OCH3 is 2. The van der Waals surface area contributed by atoms with E-state index >= 15 is 0 Å². The highest BCUT2D eigenvalue weighted by atomic mass is 16.5. The van der Waals surface area contributed by atoms with E-state index in [-0.39, 0.29) is 11.9 Å². The van der Waals surface area contributed by atoms with Crippen molar-refractivity contribution in [3.63, 3.8) is 0 Å². The van der Waals surface area contributed by atoms with Crippen molar-refractivity contribution in [3.05, 3.63) is 58.7 Å². The zero-order valence-electron chi connectivity index (χ0n) is 16.2. The highest BCUT2D eigenvalue weighted by Gasteiger charge is 2.33. The predicted molar refractivity (Wildman–Crippen MR) is 106 cm³/mol. The van der Waals surface area contributed by atoms with E-state index in [2.05, 4.69) is 12.1 Å². The molecule has 0 N–H and O–H groups in total. The first kappa shape index (κ1) is 17.9. The number of benzene rings is 2. The molecule has 4 rings (SSSR count). The largest absolute Gasteiger partial charge is 0.497 e. The highest BCUT2D eigenvalue weighted by Crippen LogP contribution is 2.39. The number of nitrogens with zero attached hydrogens (tertiary/aromatic N) is 1. The Morgan fingerprint density at radius 1 is 0.963 bits per heavy atom. The molecule has 4 nitrogen and oxygen atoms in total. The summed E-state index contributed by atoms with van der Waals surface area (Å²) in [5, 5.41) is 0. The number of amides is 1. The summed E-state index contributed by atoms with van der Waals surface area (Å²) in [6.07, 6.45) is 6.64. The minimum atomic E-state index is 0.0265. The van der Waals surface area contributed by atoms with E-state index in [1.54, 1.807) is 14.2 Å². The Kier molecular flexibility index (Phi) is 5.06. The van der Waals surface area contributed by atoms with Gasteiger partial charge in [-0.15, -0.1) is 0 Å². The molecule has 1 fully saturated rings. The molecular formula is C23H27NO3. The molecule has 1 atom stereocenters. The van der Waals surface area contributed by atoms with Crippen LogP contribution in [0.25, 0.3) is 0 Å². The lowest BCUT2D eigenvalue weighted by Crippen LogP contribution is -2.31. The third-order valence-electron chi connectivity index (χ3n) is 5.90. The standard InChI is InChI=1S/C23H27NO3/c1-26-19-11-12-22(27-2)20(15-19)21-8-5-13-24(21)23(25)18-10-9-16-6-3-4-7-17(16)14-18/h9-12,14-15,21H,3-8,13H2,1-2H3. The Labute approximate surface area is 161 Å². The predicted octanol–water partition coefficient (Wildman–Crippen LogP) is 4.56. The molecule has 2 aliphatic rings. The number of fused-ring (bicyclic) bond motifs is 1. The van der Waals surface area contributed by atoms with Gasteiger partial charge in [-0.2, -0.15) is 0 Å². The summed E-state index contributed by atoms with van der Waals surface area (Å²) in [5.74, 6) is 1.72. The second kappa shape index (κ2) is 7.63. The van der Waals surface area contributed by atoms with E-state index in [4.69, 9.17) is 9.47 Å². The lowest BCUT2D eigenvalue weighted by Gasteiger charge is -2.27. The van der Waals surface area contributed by atoms with Crippen LogP contribution >= 0.6 is 0 Å². The van der Waals surface area contributed by atoms with Crippen LogP contribution in [0, 0.1) is 0 Å². The van der Waals surface area contributed by atoms with E-state index in [1.165, 1.54) is 24.0 Å².